The number of rotatable bonds is 1. The number of piperidine rings is 1. The Kier molecular flexibility index (Phi) is 2.72. The van der Waals surface area contributed by atoms with Gasteiger partial charge in [-0.1, -0.05) is 20.8 Å². The van der Waals surface area contributed by atoms with Crippen molar-refractivity contribution in [2.24, 2.45) is 5.92 Å². The normalized spacial score (nSPS) is 36.3. The number of fused-ring (bicyclic) bond motifs is 1. The summed E-state index contributed by atoms with van der Waals surface area (Å²) in [4.78, 5) is 2.60. The molecule has 0 aromatic carbocycles. The highest BCUT2D eigenvalue weighted by atomic mass is 15.2. The standard InChI is InChI=1S/C7H13N.C2H6/c1-2-8-4-3-6-5-7(6)8;1-2/h6-7H,2-5H2,1H3;1-2H3. The third-order valence-corrected chi connectivity index (χ3v) is 2.55. The molecule has 1 heteroatoms. The predicted octanol–water partition coefficient (Wildman–Crippen LogP) is 2.13. The zero-order valence-electron chi connectivity index (χ0n) is 7.43. The second-order valence-electron chi connectivity index (χ2n) is 2.98. The number of likely N-dealkylation sites (tertiary alicyclic amines) is 1. The molecule has 1 nitrogen and oxygen atoms in total. The number of hydrogen-bond donors (Lipinski definition) is 0. The van der Waals surface area contributed by atoms with Crippen LogP contribution in [-0.2, 0) is 0 Å². The second-order valence-corrected chi connectivity index (χ2v) is 2.98. The van der Waals surface area contributed by atoms with E-state index in [-0.39, 0.29) is 0 Å². The Morgan fingerprint density at radius 1 is 1.40 bits per heavy atom. The first kappa shape index (κ1) is 8.06. The summed E-state index contributed by atoms with van der Waals surface area (Å²) in [7, 11) is 0. The Morgan fingerprint density at radius 2 is 2.10 bits per heavy atom. The zero-order chi connectivity index (χ0) is 7.56. The first-order valence-corrected chi connectivity index (χ1v) is 4.66. The van der Waals surface area contributed by atoms with Crippen LogP contribution in [-0.4, -0.2) is 24.0 Å². The van der Waals surface area contributed by atoms with E-state index in [4.69, 9.17) is 0 Å². The second kappa shape index (κ2) is 3.38. The van der Waals surface area contributed by atoms with Gasteiger partial charge in [0, 0.05) is 6.04 Å². The molecular weight excluding hydrogens is 122 g/mol. The molecule has 0 aromatic rings. The molecule has 2 rings (SSSR count). The molecule has 0 aromatic heterocycles. The molecule has 1 heterocycles. The van der Waals surface area contributed by atoms with Crippen LogP contribution in [0.2, 0.25) is 0 Å². The van der Waals surface area contributed by atoms with Crippen LogP contribution in [0.25, 0.3) is 0 Å². The summed E-state index contributed by atoms with van der Waals surface area (Å²) in [5, 5.41) is 0. The van der Waals surface area contributed by atoms with Crippen LogP contribution in [0.1, 0.15) is 33.6 Å². The summed E-state index contributed by atoms with van der Waals surface area (Å²) in [5.41, 5.74) is 0. The topological polar surface area (TPSA) is 3.24 Å². The van der Waals surface area contributed by atoms with Gasteiger partial charge in [-0.3, -0.25) is 0 Å². The van der Waals surface area contributed by atoms with Crippen LogP contribution < -0.4 is 0 Å². The van der Waals surface area contributed by atoms with Gasteiger partial charge in [-0.25, -0.2) is 0 Å². The van der Waals surface area contributed by atoms with Crippen LogP contribution in [0.5, 0.6) is 0 Å². The Morgan fingerprint density at radius 3 is 2.30 bits per heavy atom. The fourth-order valence-corrected chi connectivity index (χ4v) is 1.88. The molecule has 2 fully saturated rings. The maximum atomic E-state index is 2.60. The predicted molar refractivity (Wildman–Crippen MR) is 45.1 cm³/mol. The van der Waals surface area contributed by atoms with Gasteiger partial charge in [0.2, 0.25) is 0 Å². The van der Waals surface area contributed by atoms with E-state index < -0.39 is 0 Å². The summed E-state index contributed by atoms with van der Waals surface area (Å²) in [5.74, 6) is 1.12. The molecule has 2 unspecified atom stereocenters. The molecule has 60 valence electrons. The van der Waals surface area contributed by atoms with Crippen LogP contribution in [0.4, 0.5) is 0 Å². The largest absolute Gasteiger partial charge is 0.300 e. The maximum Gasteiger partial charge on any atom is 0.0128 e. The maximum absolute atomic E-state index is 2.60. The molecule has 2 aliphatic rings. The van der Waals surface area contributed by atoms with E-state index in [9.17, 15) is 0 Å². The van der Waals surface area contributed by atoms with E-state index in [0.29, 0.717) is 0 Å². The summed E-state index contributed by atoms with van der Waals surface area (Å²) < 4.78 is 0. The molecule has 0 bridgehead atoms. The third kappa shape index (κ3) is 1.34. The van der Waals surface area contributed by atoms with Crippen molar-refractivity contribution in [1.82, 2.24) is 4.90 Å². The molecule has 2 atom stereocenters. The first-order chi connectivity index (χ1) is 4.92. The lowest BCUT2D eigenvalue weighted by Crippen LogP contribution is -2.22. The highest BCUT2D eigenvalue weighted by Gasteiger charge is 2.45. The third-order valence-electron chi connectivity index (χ3n) is 2.55. The van der Waals surface area contributed by atoms with Crippen molar-refractivity contribution in [2.75, 3.05) is 13.1 Å². The van der Waals surface area contributed by atoms with E-state index in [1.807, 2.05) is 13.8 Å². The van der Waals surface area contributed by atoms with E-state index in [1.165, 1.54) is 25.9 Å². The Balaban J connectivity index is 0.000000231. The van der Waals surface area contributed by atoms with Gasteiger partial charge in [0.25, 0.3) is 0 Å². The average molecular weight is 141 g/mol. The molecule has 1 aliphatic heterocycles. The highest BCUT2D eigenvalue weighted by Crippen LogP contribution is 2.43. The molecule has 1 saturated heterocycles. The van der Waals surface area contributed by atoms with Crippen molar-refractivity contribution >= 4 is 0 Å². The van der Waals surface area contributed by atoms with Gasteiger partial charge in [-0.15, -0.1) is 0 Å². The smallest absolute Gasteiger partial charge is 0.0128 e. The summed E-state index contributed by atoms with van der Waals surface area (Å²) in [6, 6.07) is 1.03. The van der Waals surface area contributed by atoms with Crippen molar-refractivity contribution in [3.63, 3.8) is 0 Å². The number of nitrogens with zero attached hydrogens (tertiary/aromatic N) is 1. The Hall–Kier alpha value is -0.0400. The van der Waals surface area contributed by atoms with Crippen molar-refractivity contribution in [1.29, 1.82) is 0 Å². The molecule has 1 saturated carbocycles. The van der Waals surface area contributed by atoms with Crippen molar-refractivity contribution < 1.29 is 0 Å². The summed E-state index contributed by atoms with van der Waals surface area (Å²) in [6.45, 7) is 8.92. The molecule has 0 radical (unpaired) electrons. The van der Waals surface area contributed by atoms with Gasteiger partial charge in [0.15, 0.2) is 0 Å². The molecule has 1 aliphatic carbocycles. The van der Waals surface area contributed by atoms with E-state index in [0.717, 1.165) is 12.0 Å². The van der Waals surface area contributed by atoms with Crippen LogP contribution in [0.15, 0.2) is 0 Å². The van der Waals surface area contributed by atoms with E-state index >= 15 is 0 Å². The van der Waals surface area contributed by atoms with Gasteiger partial charge in [-0.05, 0) is 31.8 Å². The Bertz CT molecular complexity index is 101. The van der Waals surface area contributed by atoms with Crippen molar-refractivity contribution in [3.05, 3.63) is 0 Å². The lowest BCUT2D eigenvalue weighted by atomic mass is 10.3. The van der Waals surface area contributed by atoms with Crippen LogP contribution >= 0.6 is 0 Å². The minimum absolute atomic E-state index is 1.03. The van der Waals surface area contributed by atoms with Crippen molar-refractivity contribution in [2.45, 2.75) is 39.7 Å². The fourth-order valence-electron chi connectivity index (χ4n) is 1.88. The monoisotopic (exact) mass is 141 g/mol. The SMILES string of the molecule is CC.CCN1CCC2CC21. The highest BCUT2D eigenvalue weighted by molar-refractivity contribution is 5.00. The lowest BCUT2D eigenvalue weighted by molar-refractivity contribution is 0.317. The molecule has 0 amide bonds. The Labute approximate surface area is 64.4 Å². The summed E-state index contributed by atoms with van der Waals surface area (Å²) >= 11 is 0. The minimum Gasteiger partial charge on any atom is -0.300 e. The molecular formula is C9H19N. The quantitative estimate of drug-likeness (QED) is 0.540. The first-order valence-electron chi connectivity index (χ1n) is 4.66. The van der Waals surface area contributed by atoms with Crippen LogP contribution in [0.3, 0.4) is 0 Å². The van der Waals surface area contributed by atoms with Gasteiger partial charge in [-0.2, -0.15) is 0 Å². The van der Waals surface area contributed by atoms with E-state index in [2.05, 4.69) is 11.8 Å². The minimum atomic E-state index is 1.03. The van der Waals surface area contributed by atoms with Gasteiger partial charge in [0.05, 0.1) is 0 Å². The molecule has 0 N–H and O–H groups in total. The number of hydrogen-bond acceptors (Lipinski definition) is 1. The molecule has 0 spiro atoms. The summed E-state index contributed by atoms with van der Waals surface area (Å²) in [6.07, 6.45) is 2.99. The lowest BCUT2D eigenvalue weighted by Gasteiger charge is -2.12. The van der Waals surface area contributed by atoms with Gasteiger partial charge < -0.3 is 4.90 Å². The van der Waals surface area contributed by atoms with Crippen molar-refractivity contribution in [3.8, 4) is 0 Å². The molecule has 10 heavy (non-hydrogen) atoms. The zero-order valence-corrected chi connectivity index (χ0v) is 7.43. The average Bonchev–Trinajstić information content (AvgIpc) is 2.68. The van der Waals surface area contributed by atoms with E-state index in [1.54, 1.807) is 0 Å². The van der Waals surface area contributed by atoms with Gasteiger partial charge >= 0.3 is 0 Å². The van der Waals surface area contributed by atoms with Crippen LogP contribution in [0, 0.1) is 5.92 Å². The van der Waals surface area contributed by atoms with Gasteiger partial charge in [0.1, 0.15) is 0 Å². The fraction of sp³-hybridized carbons (Fsp3) is 1.00.